The average Bonchev–Trinajstić information content (AvgIpc) is 2.96. The van der Waals surface area contributed by atoms with Crippen LogP contribution in [0.15, 0.2) is 0 Å². The van der Waals surface area contributed by atoms with Crippen molar-refractivity contribution in [1.29, 1.82) is 0 Å². The molecule has 0 radical (unpaired) electrons. The van der Waals surface area contributed by atoms with Gasteiger partial charge in [0.2, 0.25) is 0 Å². The van der Waals surface area contributed by atoms with E-state index in [9.17, 15) is 9.90 Å². The highest BCUT2D eigenvalue weighted by molar-refractivity contribution is 5.79. The van der Waals surface area contributed by atoms with Crippen molar-refractivity contribution >= 4 is 5.97 Å². The van der Waals surface area contributed by atoms with Crippen LogP contribution < -0.4 is 0 Å². The molecule has 0 aromatic heterocycles. The Bertz CT molecular complexity index is 262. The maximum absolute atomic E-state index is 11.5. The minimum Gasteiger partial charge on any atom is -0.480 e. The summed E-state index contributed by atoms with van der Waals surface area (Å²) in [6.45, 7) is 5.18. The van der Waals surface area contributed by atoms with Crippen molar-refractivity contribution in [3.8, 4) is 0 Å². The van der Waals surface area contributed by atoms with Gasteiger partial charge in [-0.25, -0.2) is 0 Å². The molecule has 2 atom stereocenters. The van der Waals surface area contributed by atoms with E-state index in [0.29, 0.717) is 6.04 Å². The minimum atomic E-state index is -0.616. The van der Waals surface area contributed by atoms with Crippen molar-refractivity contribution < 1.29 is 9.90 Å². The van der Waals surface area contributed by atoms with Crippen molar-refractivity contribution in [1.82, 2.24) is 4.90 Å². The van der Waals surface area contributed by atoms with Gasteiger partial charge >= 0.3 is 5.97 Å². The van der Waals surface area contributed by atoms with Gasteiger partial charge < -0.3 is 5.11 Å². The molecule has 2 unspecified atom stereocenters. The number of rotatable bonds is 4. The Labute approximate surface area is 91.5 Å². The Morgan fingerprint density at radius 3 is 2.73 bits per heavy atom. The van der Waals surface area contributed by atoms with E-state index in [1.165, 1.54) is 12.8 Å². The first kappa shape index (κ1) is 10.9. The van der Waals surface area contributed by atoms with E-state index in [2.05, 4.69) is 11.8 Å². The molecule has 1 heterocycles. The summed E-state index contributed by atoms with van der Waals surface area (Å²) in [5, 5.41) is 9.44. The first-order valence-electron chi connectivity index (χ1n) is 6.12. The molecular weight excluding hydrogens is 190 g/mol. The maximum atomic E-state index is 11.5. The van der Waals surface area contributed by atoms with E-state index in [0.717, 1.165) is 31.7 Å². The van der Waals surface area contributed by atoms with Gasteiger partial charge in [-0.2, -0.15) is 0 Å². The molecule has 0 spiro atoms. The first-order chi connectivity index (χ1) is 7.12. The van der Waals surface area contributed by atoms with Gasteiger partial charge in [-0.3, -0.25) is 9.69 Å². The molecule has 1 aliphatic heterocycles. The first-order valence-corrected chi connectivity index (χ1v) is 6.12. The Kier molecular flexibility index (Phi) is 2.75. The lowest BCUT2D eigenvalue weighted by atomic mass is 9.91. The highest BCUT2D eigenvalue weighted by atomic mass is 16.4. The third-order valence-electron chi connectivity index (χ3n) is 4.32. The fourth-order valence-corrected chi connectivity index (χ4v) is 3.09. The molecule has 3 heteroatoms. The number of hydrogen-bond acceptors (Lipinski definition) is 2. The molecule has 3 nitrogen and oxygen atoms in total. The molecule has 1 N–H and O–H groups in total. The summed E-state index contributed by atoms with van der Waals surface area (Å²) in [7, 11) is 0. The summed E-state index contributed by atoms with van der Waals surface area (Å²) in [5.41, 5.74) is -0.554. The van der Waals surface area contributed by atoms with Crippen molar-refractivity contribution in [3.05, 3.63) is 0 Å². The van der Waals surface area contributed by atoms with E-state index >= 15 is 0 Å². The molecule has 2 rings (SSSR count). The molecule has 0 amide bonds. The molecule has 1 aliphatic carbocycles. The summed E-state index contributed by atoms with van der Waals surface area (Å²) in [6.07, 6.45) is 5.18. The van der Waals surface area contributed by atoms with Gasteiger partial charge in [-0.05, 0) is 51.5 Å². The molecule has 2 aliphatic rings. The smallest absolute Gasteiger partial charge is 0.324 e. The average molecular weight is 211 g/mol. The highest BCUT2D eigenvalue weighted by Gasteiger charge is 2.50. The van der Waals surface area contributed by atoms with Crippen molar-refractivity contribution in [2.75, 3.05) is 6.54 Å². The van der Waals surface area contributed by atoms with Crippen LogP contribution in [-0.2, 0) is 4.79 Å². The van der Waals surface area contributed by atoms with Gasteiger partial charge in [0.1, 0.15) is 5.54 Å². The summed E-state index contributed by atoms with van der Waals surface area (Å²) >= 11 is 0. The van der Waals surface area contributed by atoms with Crippen molar-refractivity contribution in [2.45, 2.75) is 57.5 Å². The van der Waals surface area contributed by atoms with E-state index in [1.807, 2.05) is 6.92 Å². The van der Waals surface area contributed by atoms with Crippen molar-refractivity contribution in [2.24, 2.45) is 5.92 Å². The zero-order valence-electron chi connectivity index (χ0n) is 9.70. The lowest BCUT2D eigenvalue weighted by Gasteiger charge is -2.38. The van der Waals surface area contributed by atoms with Crippen LogP contribution in [0.1, 0.15) is 46.0 Å². The lowest BCUT2D eigenvalue weighted by Crippen LogP contribution is -2.54. The van der Waals surface area contributed by atoms with Crippen LogP contribution in [0.25, 0.3) is 0 Å². The maximum Gasteiger partial charge on any atom is 0.324 e. The zero-order valence-corrected chi connectivity index (χ0v) is 9.70. The normalized spacial score (nSPS) is 34.3. The summed E-state index contributed by atoms with van der Waals surface area (Å²) < 4.78 is 0. The Morgan fingerprint density at radius 1 is 1.60 bits per heavy atom. The predicted octanol–water partition coefficient (Wildman–Crippen LogP) is 2.11. The van der Waals surface area contributed by atoms with E-state index in [-0.39, 0.29) is 0 Å². The molecule has 0 bridgehead atoms. The van der Waals surface area contributed by atoms with Crippen molar-refractivity contribution in [3.63, 3.8) is 0 Å². The Hall–Kier alpha value is -0.570. The van der Waals surface area contributed by atoms with E-state index in [4.69, 9.17) is 0 Å². The van der Waals surface area contributed by atoms with Crippen LogP contribution in [0.4, 0.5) is 0 Å². The summed E-state index contributed by atoms with van der Waals surface area (Å²) in [5.74, 6) is 0.142. The summed E-state index contributed by atoms with van der Waals surface area (Å²) in [4.78, 5) is 13.7. The van der Waals surface area contributed by atoms with Gasteiger partial charge in [0.15, 0.2) is 0 Å². The molecule has 2 fully saturated rings. The third-order valence-corrected chi connectivity index (χ3v) is 4.32. The van der Waals surface area contributed by atoms with E-state index in [1.54, 1.807) is 0 Å². The topological polar surface area (TPSA) is 40.5 Å². The monoisotopic (exact) mass is 211 g/mol. The molecule has 1 saturated carbocycles. The van der Waals surface area contributed by atoms with Crippen LogP contribution >= 0.6 is 0 Å². The number of carboxylic acids is 1. The number of nitrogens with zero attached hydrogens (tertiary/aromatic N) is 1. The zero-order chi connectivity index (χ0) is 11.1. The molecule has 15 heavy (non-hydrogen) atoms. The number of carbonyl (C=O) groups is 1. The number of likely N-dealkylation sites (tertiary alicyclic amines) is 1. The number of carboxylic acid groups (broad SMARTS) is 1. The molecular formula is C12H21NO2. The van der Waals surface area contributed by atoms with Crippen LogP contribution in [0.2, 0.25) is 0 Å². The Morgan fingerprint density at radius 2 is 2.27 bits per heavy atom. The van der Waals surface area contributed by atoms with Crippen LogP contribution in [0, 0.1) is 5.92 Å². The highest BCUT2D eigenvalue weighted by Crippen LogP contribution is 2.42. The second-order valence-corrected chi connectivity index (χ2v) is 5.07. The number of hydrogen-bond donors (Lipinski definition) is 1. The van der Waals surface area contributed by atoms with Crippen LogP contribution in [0.5, 0.6) is 0 Å². The SMILES string of the molecule is CCC1(C(=O)O)CCCN1C(C)C1CC1. The fourth-order valence-electron chi connectivity index (χ4n) is 3.09. The van der Waals surface area contributed by atoms with E-state index < -0.39 is 11.5 Å². The largest absolute Gasteiger partial charge is 0.480 e. The van der Waals surface area contributed by atoms with Gasteiger partial charge in [0, 0.05) is 6.04 Å². The van der Waals surface area contributed by atoms with Crippen LogP contribution in [0.3, 0.4) is 0 Å². The predicted molar refractivity (Wildman–Crippen MR) is 58.8 cm³/mol. The lowest BCUT2D eigenvalue weighted by molar-refractivity contribution is -0.151. The molecule has 0 aromatic rings. The molecule has 1 saturated heterocycles. The Balaban J connectivity index is 2.17. The second-order valence-electron chi connectivity index (χ2n) is 5.07. The summed E-state index contributed by atoms with van der Waals surface area (Å²) in [6, 6.07) is 0.462. The van der Waals surface area contributed by atoms with Gasteiger partial charge in [-0.1, -0.05) is 6.92 Å². The minimum absolute atomic E-state index is 0.462. The fraction of sp³-hybridized carbons (Fsp3) is 0.917. The third kappa shape index (κ3) is 1.67. The second kappa shape index (κ2) is 3.78. The number of aliphatic carboxylic acids is 1. The standard InChI is InChI=1S/C12H21NO2/c1-3-12(11(14)15)7-4-8-13(12)9(2)10-5-6-10/h9-10H,3-8H2,1-2H3,(H,14,15). The molecule has 86 valence electrons. The van der Waals surface area contributed by atoms with Gasteiger partial charge in [0.25, 0.3) is 0 Å². The molecule has 0 aromatic carbocycles. The van der Waals surface area contributed by atoms with Gasteiger partial charge in [0.05, 0.1) is 0 Å². The van der Waals surface area contributed by atoms with Crippen LogP contribution in [-0.4, -0.2) is 34.1 Å². The quantitative estimate of drug-likeness (QED) is 0.774. The van der Waals surface area contributed by atoms with Gasteiger partial charge in [-0.15, -0.1) is 0 Å².